The smallest absolute Gasteiger partial charge is 0.250 e. The normalized spacial score (nSPS) is 13.6. The molecule has 44 heavy (non-hydrogen) atoms. The molecule has 6 N–H and O–H groups in total. The maximum absolute atomic E-state index is 13.6. The van der Waals surface area contributed by atoms with E-state index in [1.165, 1.54) is 6.07 Å². The van der Waals surface area contributed by atoms with Crippen molar-refractivity contribution in [3.63, 3.8) is 0 Å². The maximum atomic E-state index is 13.6. The van der Waals surface area contributed by atoms with Crippen molar-refractivity contribution < 1.29 is 27.6 Å². The van der Waals surface area contributed by atoms with E-state index in [1.807, 2.05) is 26.0 Å². The zero-order valence-corrected chi connectivity index (χ0v) is 30.1. The van der Waals surface area contributed by atoms with Crippen LogP contribution in [0.2, 0.25) is 9.36 Å². The maximum Gasteiger partial charge on any atom is 0.250 e. The van der Waals surface area contributed by atoms with Gasteiger partial charge in [-0.25, -0.2) is 8.42 Å². The molecule has 0 saturated heterocycles. The topological polar surface area (TPSA) is 177 Å². The van der Waals surface area contributed by atoms with Crippen molar-refractivity contribution in [3.05, 3.63) is 48.8 Å². The van der Waals surface area contributed by atoms with Gasteiger partial charge in [0.05, 0.1) is 11.4 Å². The standard InChI is InChI=1S/C27H35Cl3IN5O6S2/c1-15(2)4-9-19(36-44(41,42)23-13-18(29)24(30)43-23)26(39)34-20(12-16-5-7-17(31)8-6-16)27(40)35-21(14-22(32)37)25(38)33-11-3-10-28/h5-8,13,15,19-21,36H,3-4,9-12,14H2,1-2H3,(H2,32,37)(H,33,38)(H,34,39)(H,35,40)/t19-,20-,21-/m0/s1. The lowest BCUT2D eigenvalue weighted by atomic mass is 10.0. The minimum absolute atomic E-state index is 0.00540. The molecule has 0 saturated carbocycles. The predicted octanol–water partition coefficient (Wildman–Crippen LogP) is 3.58. The number of alkyl halides is 1. The van der Waals surface area contributed by atoms with Gasteiger partial charge < -0.3 is 21.7 Å². The van der Waals surface area contributed by atoms with Crippen molar-refractivity contribution in [2.75, 3.05) is 12.4 Å². The summed E-state index contributed by atoms with van der Waals surface area (Å²) in [5.41, 5.74) is 6.01. The summed E-state index contributed by atoms with van der Waals surface area (Å²) in [6.45, 7) is 4.06. The van der Waals surface area contributed by atoms with Gasteiger partial charge in [0.15, 0.2) is 0 Å². The van der Waals surface area contributed by atoms with E-state index in [4.69, 9.17) is 40.5 Å². The highest BCUT2D eigenvalue weighted by atomic mass is 127. The molecule has 0 aliphatic carbocycles. The number of benzene rings is 1. The Hall–Kier alpha value is -1.69. The largest absolute Gasteiger partial charge is 0.370 e. The lowest BCUT2D eigenvalue weighted by Crippen LogP contribution is -2.57. The van der Waals surface area contributed by atoms with Crippen LogP contribution in [0.1, 0.15) is 45.1 Å². The molecule has 244 valence electrons. The second-order valence-corrected chi connectivity index (χ2v) is 15.9. The number of thiophene rings is 1. The summed E-state index contributed by atoms with van der Waals surface area (Å²) in [5.74, 6) is -2.55. The first kappa shape index (κ1) is 38.5. The number of hydrogen-bond donors (Lipinski definition) is 5. The molecular formula is C27H35Cl3IN5O6S2. The van der Waals surface area contributed by atoms with E-state index >= 15 is 0 Å². The van der Waals surface area contributed by atoms with E-state index in [0.717, 1.165) is 14.9 Å². The molecule has 0 aliphatic heterocycles. The van der Waals surface area contributed by atoms with Crippen LogP contribution in [0.3, 0.4) is 0 Å². The Morgan fingerprint density at radius 2 is 1.57 bits per heavy atom. The van der Waals surface area contributed by atoms with Crippen LogP contribution in [0.15, 0.2) is 34.5 Å². The summed E-state index contributed by atoms with van der Waals surface area (Å²) in [6.07, 6.45) is 0.606. The number of rotatable bonds is 18. The highest BCUT2D eigenvalue weighted by Crippen LogP contribution is 2.34. The first-order chi connectivity index (χ1) is 20.6. The van der Waals surface area contributed by atoms with Gasteiger partial charge in [0.25, 0.3) is 10.0 Å². The summed E-state index contributed by atoms with van der Waals surface area (Å²) < 4.78 is 29.6. The molecule has 1 aromatic carbocycles. The highest BCUT2D eigenvalue weighted by Gasteiger charge is 2.32. The fraction of sp³-hybridized carbons (Fsp3) is 0.481. The van der Waals surface area contributed by atoms with Gasteiger partial charge >= 0.3 is 0 Å². The van der Waals surface area contributed by atoms with E-state index in [2.05, 4.69) is 43.3 Å². The van der Waals surface area contributed by atoms with Crippen LogP contribution in [0.4, 0.5) is 0 Å². The average Bonchev–Trinajstić information content (AvgIpc) is 3.29. The first-order valence-electron chi connectivity index (χ1n) is 13.6. The molecule has 0 radical (unpaired) electrons. The zero-order valence-electron chi connectivity index (χ0n) is 24.0. The summed E-state index contributed by atoms with van der Waals surface area (Å²) >= 11 is 20.5. The lowest BCUT2D eigenvalue weighted by Gasteiger charge is -2.25. The Bertz CT molecular complexity index is 1390. The Balaban J connectivity index is 2.36. The minimum Gasteiger partial charge on any atom is -0.370 e. The fourth-order valence-electron chi connectivity index (χ4n) is 3.87. The van der Waals surface area contributed by atoms with E-state index in [1.54, 1.807) is 12.1 Å². The van der Waals surface area contributed by atoms with Crippen LogP contribution < -0.4 is 26.4 Å². The Morgan fingerprint density at radius 1 is 0.955 bits per heavy atom. The van der Waals surface area contributed by atoms with Gasteiger partial charge in [-0.2, -0.15) is 4.72 Å². The minimum atomic E-state index is -4.20. The first-order valence-corrected chi connectivity index (χ1v) is 18.2. The third kappa shape index (κ3) is 13.0. The van der Waals surface area contributed by atoms with Gasteiger partial charge in [0.2, 0.25) is 23.6 Å². The van der Waals surface area contributed by atoms with Gasteiger partial charge in [-0.05, 0) is 71.5 Å². The molecule has 11 nitrogen and oxygen atoms in total. The molecule has 2 rings (SSSR count). The van der Waals surface area contributed by atoms with Gasteiger partial charge in [0.1, 0.15) is 26.7 Å². The molecule has 1 heterocycles. The molecule has 4 amide bonds. The number of amides is 4. The summed E-state index contributed by atoms with van der Waals surface area (Å²) in [7, 11) is -4.20. The zero-order chi connectivity index (χ0) is 33.0. The van der Waals surface area contributed by atoms with Crippen LogP contribution >= 0.6 is 68.7 Å². The van der Waals surface area contributed by atoms with Gasteiger partial charge in [-0.1, -0.05) is 49.2 Å². The number of carbonyl (C=O) groups is 4. The van der Waals surface area contributed by atoms with Gasteiger partial charge in [0, 0.05) is 22.4 Å². The fourth-order valence-corrected chi connectivity index (χ4v) is 7.49. The third-order valence-electron chi connectivity index (χ3n) is 6.17. The summed E-state index contributed by atoms with van der Waals surface area (Å²) in [5, 5.41) is 7.82. The van der Waals surface area contributed by atoms with Crippen molar-refractivity contribution in [1.29, 1.82) is 0 Å². The predicted molar refractivity (Wildman–Crippen MR) is 181 cm³/mol. The number of hydrogen-bond acceptors (Lipinski definition) is 7. The molecule has 17 heteroatoms. The number of carbonyl (C=O) groups excluding carboxylic acids is 4. The second kappa shape index (κ2) is 18.5. The van der Waals surface area contributed by atoms with E-state index in [9.17, 15) is 27.6 Å². The monoisotopic (exact) mass is 821 g/mol. The number of halogens is 4. The molecule has 0 aliphatic rings. The van der Waals surface area contributed by atoms with Gasteiger partial charge in [-0.15, -0.1) is 22.9 Å². The number of primary amides is 1. The lowest BCUT2D eigenvalue weighted by molar-refractivity contribution is -0.133. The van der Waals surface area contributed by atoms with Gasteiger partial charge in [-0.3, -0.25) is 19.2 Å². The molecule has 0 spiro atoms. The molecular weight excluding hydrogens is 788 g/mol. The summed E-state index contributed by atoms with van der Waals surface area (Å²) in [4.78, 5) is 51.6. The van der Waals surface area contributed by atoms with Crippen LogP contribution in [-0.2, 0) is 35.6 Å². The summed E-state index contributed by atoms with van der Waals surface area (Å²) in [6, 6.07) is 4.58. The van der Waals surface area contributed by atoms with Crippen LogP contribution in [0.25, 0.3) is 0 Å². The van der Waals surface area contributed by atoms with Crippen LogP contribution in [-0.4, -0.2) is 62.6 Å². The van der Waals surface area contributed by atoms with Crippen LogP contribution in [0.5, 0.6) is 0 Å². The third-order valence-corrected chi connectivity index (χ3v) is 11.0. The average molecular weight is 823 g/mol. The highest BCUT2D eigenvalue weighted by molar-refractivity contribution is 14.1. The SMILES string of the molecule is CC(C)CC[C@H](NS(=O)(=O)c1cc(Cl)c(Cl)s1)C(=O)N[C@@H](Cc1ccc(I)cc1)C(=O)N[C@@H](CC(N)=O)C(=O)NCCCCl. The molecule has 0 unspecified atom stereocenters. The van der Waals surface area contributed by atoms with Crippen LogP contribution in [0, 0.1) is 9.49 Å². The molecule has 0 bridgehead atoms. The molecule has 0 fully saturated rings. The van der Waals surface area contributed by atoms with E-state index < -0.39 is 58.2 Å². The molecule has 3 atom stereocenters. The van der Waals surface area contributed by atoms with E-state index in [0.29, 0.717) is 24.3 Å². The van der Waals surface area contributed by atoms with Crippen molar-refractivity contribution in [2.45, 2.75) is 68.3 Å². The Labute approximate surface area is 289 Å². The second-order valence-electron chi connectivity index (χ2n) is 10.3. The molecule has 2 aromatic rings. The quantitative estimate of drug-likeness (QED) is 0.0873. The number of sulfonamides is 1. The molecule has 1 aromatic heterocycles. The number of nitrogens with two attached hydrogens (primary N) is 1. The number of nitrogens with one attached hydrogen (secondary N) is 4. The van der Waals surface area contributed by atoms with Crippen molar-refractivity contribution in [2.24, 2.45) is 11.7 Å². The van der Waals surface area contributed by atoms with E-state index in [-0.39, 0.29) is 38.9 Å². The van der Waals surface area contributed by atoms with Crippen molar-refractivity contribution in [1.82, 2.24) is 20.7 Å². The Morgan fingerprint density at radius 3 is 2.11 bits per heavy atom. The Kier molecular flexibility index (Phi) is 16.1. The van der Waals surface area contributed by atoms with Crippen molar-refractivity contribution in [3.8, 4) is 0 Å². The van der Waals surface area contributed by atoms with Crippen molar-refractivity contribution >= 4 is 102 Å².